The normalized spacial score (nSPS) is 16.5. The van der Waals surface area contributed by atoms with Crippen molar-refractivity contribution in [1.29, 1.82) is 0 Å². The van der Waals surface area contributed by atoms with E-state index in [-0.39, 0.29) is 12.1 Å². The Morgan fingerprint density at radius 3 is 2.08 bits per heavy atom. The van der Waals surface area contributed by atoms with Gasteiger partial charge in [0, 0.05) is 6.54 Å². The monoisotopic (exact) mass is 174 g/mol. The highest BCUT2D eigenvalue weighted by atomic mass is 16.3. The number of hydrogen-bond donors (Lipinski definition) is 2. The van der Waals surface area contributed by atoms with Gasteiger partial charge in [-0.15, -0.1) is 0 Å². The molecule has 12 heavy (non-hydrogen) atoms. The fourth-order valence-corrected chi connectivity index (χ4v) is 1.15. The van der Waals surface area contributed by atoms with E-state index in [1.165, 1.54) is 0 Å². The Labute approximate surface area is 75.8 Å². The third-order valence-corrected chi connectivity index (χ3v) is 2.42. The van der Waals surface area contributed by atoms with Crippen molar-refractivity contribution in [2.24, 2.45) is 0 Å². The van der Waals surface area contributed by atoms with Gasteiger partial charge in [-0.25, -0.2) is 0 Å². The first-order valence-electron chi connectivity index (χ1n) is 4.64. The Kier molecular flexibility index (Phi) is 5.46. The minimum atomic E-state index is -0.161. The van der Waals surface area contributed by atoms with Gasteiger partial charge in [-0.05, 0) is 27.1 Å². The predicted octanol–water partition coefficient (Wildman–Crippen LogP) is 0.299. The van der Waals surface area contributed by atoms with Gasteiger partial charge >= 0.3 is 0 Å². The molecule has 0 bridgehead atoms. The van der Waals surface area contributed by atoms with Gasteiger partial charge in [-0.2, -0.15) is 0 Å². The van der Waals surface area contributed by atoms with Crippen LogP contribution in [0.4, 0.5) is 0 Å². The molecule has 0 aromatic rings. The second-order valence-electron chi connectivity index (χ2n) is 3.43. The predicted molar refractivity (Wildman–Crippen MR) is 52.3 cm³/mol. The van der Waals surface area contributed by atoms with Crippen LogP contribution in [0.2, 0.25) is 0 Å². The van der Waals surface area contributed by atoms with E-state index in [0.29, 0.717) is 0 Å². The zero-order valence-electron chi connectivity index (χ0n) is 8.72. The van der Waals surface area contributed by atoms with Gasteiger partial charge < -0.3 is 15.3 Å². The van der Waals surface area contributed by atoms with Crippen molar-refractivity contribution in [1.82, 2.24) is 10.2 Å². The average Bonchev–Trinajstić information content (AvgIpc) is 2.14. The molecule has 0 heterocycles. The highest BCUT2D eigenvalue weighted by Crippen LogP contribution is 2.04. The molecule has 0 aliphatic rings. The number of likely N-dealkylation sites (N-methyl/N-ethyl adjacent to an activating group) is 2. The van der Waals surface area contributed by atoms with Gasteiger partial charge in [0.25, 0.3) is 0 Å². The van der Waals surface area contributed by atoms with Gasteiger partial charge in [-0.1, -0.05) is 13.8 Å². The third-order valence-electron chi connectivity index (χ3n) is 2.42. The summed E-state index contributed by atoms with van der Waals surface area (Å²) in [6, 6.07) is 0. The van der Waals surface area contributed by atoms with E-state index >= 15 is 0 Å². The number of nitrogens with zero attached hydrogens (tertiary/aromatic N) is 1. The zero-order chi connectivity index (χ0) is 9.61. The minimum absolute atomic E-state index is 0.161. The molecule has 1 unspecified atom stereocenters. The van der Waals surface area contributed by atoms with Crippen molar-refractivity contribution >= 4 is 0 Å². The molecule has 0 amide bonds. The summed E-state index contributed by atoms with van der Waals surface area (Å²) in [7, 11) is 1.89. The molecule has 1 atom stereocenters. The molecule has 2 N–H and O–H groups in total. The number of aliphatic hydroxyl groups is 1. The molecular weight excluding hydrogens is 152 g/mol. The van der Waals surface area contributed by atoms with Gasteiger partial charge in [-0.3, -0.25) is 0 Å². The highest BCUT2D eigenvalue weighted by molar-refractivity contribution is 4.83. The first kappa shape index (κ1) is 11.9. The highest BCUT2D eigenvalue weighted by Gasteiger charge is 2.22. The molecule has 3 heteroatoms. The first-order valence-corrected chi connectivity index (χ1v) is 4.64. The Balaban J connectivity index is 3.99. The Morgan fingerprint density at radius 1 is 1.33 bits per heavy atom. The van der Waals surface area contributed by atoms with E-state index in [1.54, 1.807) is 0 Å². The standard InChI is InChI=1S/C9H22N2O/c1-5-11(6-2)7-9(3,8-12)10-4/h10,12H,5-8H2,1-4H3. The SMILES string of the molecule is CCN(CC)CC(C)(CO)NC. The number of rotatable bonds is 6. The lowest BCUT2D eigenvalue weighted by molar-refractivity contribution is 0.132. The molecule has 0 fully saturated rings. The van der Waals surface area contributed by atoms with Crippen LogP contribution in [0.1, 0.15) is 20.8 Å². The van der Waals surface area contributed by atoms with Gasteiger partial charge in [0.15, 0.2) is 0 Å². The molecular formula is C9H22N2O. The Morgan fingerprint density at radius 2 is 1.83 bits per heavy atom. The molecule has 0 saturated carbocycles. The summed E-state index contributed by atoms with van der Waals surface area (Å²) in [5.41, 5.74) is -0.161. The van der Waals surface area contributed by atoms with Gasteiger partial charge in [0.1, 0.15) is 0 Å². The summed E-state index contributed by atoms with van der Waals surface area (Å²) < 4.78 is 0. The fraction of sp³-hybridized carbons (Fsp3) is 1.00. The summed E-state index contributed by atoms with van der Waals surface area (Å²) in [4.78, 5) is 2.30. The van der Waals surface area contributed by atoms with Crippen molar-refractivity contribution in [3.8, 4) is 0 Å². The van der Waals surface area contributed by atoms with Gasteiger partial charge in [0.05, 0.1) is 12.1 Å². The lowest BCUT2D eigenvalue weighted by atomic mass is 10.0. The quantitative estimate of drug-likeness (QED) is 0.608. The molecule has 0 spiro atoms. The van der Waals surface area contributed by atoms with E-state index in [0.717, 1.165) is 19.6 Å². The van der Waals surface area contributed by atoms with Crippen molar-refractivity contribution in [2.45, 2.75) is 26.3 Å². The summed E-state index contributed by atoms with van der Waals surface area (Å²) in [5.74, 6) is 0. The van der Waals surface area contributed by atoms with E-state index in [4.69, 9.17) is 5.11 Å². The summed E-state index contributed by atoms with van der Waals surface area (Å²) in [6.07, 6.45) is 0. The molecule has 0 saturated heterocycles. The Bertz CT molecular complexity index is 109. The van der Waals surface area contributed by atoms with E-state index in [1.807, 2.05) is 14.0 Å². The van der Waals surface area contributed by atoms with Crippen LogP contribution in [0, 0.1) is 0 Å². The van der Waals surface area contributed by atoms with E-state index in [2.05, 4.69) is 24.1 Å². The summed E-state index contributed by atoms with van der Waals surface area (Å²) in [6.45, 7) is 9.45. The van der Waals surface area contributed by atoms with Crippen molar-refractivity contribution in [3.63, 3.8) is 0 Å². The Hall–Kier alpha value is -0.120. The van der Waals surface area contributed by atoms with Crippen molar-refractivity contribution < 1.29 is 5.11 Å². The maximum Gasteiger partial charge on any atom is 0.0623 e. The average molecular weight is 174 g/mol. The van der Waals surface area contributed by atoms with Crippen molar-refractivity contribution in [3.05, 3.63) is 0 Å². The van der Waals surface area contributed by atoms with Crippen molar-refractivity contribution in [2.75, 3.05) is 33.3 Å². The summed E-state index contributed by atoms with van der Waals surface area (Å²) >= 11 is 0. The molecule has 0 rings (SSSR count). The molecule has 3 nitrogen and oxygen atoms in total. The first-order chi connectivity index (χ1) is 5.61. The van der Waals surface area contributed by atoms with Crippen LogP contribution in [0.5, 0.6) is 0 Å². The maximum atomic E-state index is 9.14. The van der Waals surface area contributed by atoms with Crippen LogP contribution in [0.25, 0.3) is 0 Å². The zero-order valence-corrected chi connectivity index (χ0v) is 8.72. The van der Waals surface area contributed by atoms with Crippen LogP contribution in [-0.2, 0) is 0 Å². The molecule has 0 aliphatic carbocycles. The smallest absolute Gasteiger partial charge is 0.0623 e. The number of nitrogens with one attached hydrogen (secondary N) is 1. The largest absolute Gasteiger partial charge is 0.394 e. The van der Waals surface area contributed by atoms with E-state index < -0.39 is 0 Å². The number of aliphatic hydroxyl groups excluding tert-OH is 1. The minimum Gasteiger partial charge on any atom is -0.394 e. The van der Waals surface area contributed by atoms with Crippen LogP contribution in [0.3, 0.4) is 0 Å². The maximum absolute atomic E-state index is 9.14. The second kappa shape index (κ2) is 5.51. The lowest BCUT2D eigenvalue weighted by Gasteiger charge is -2.32. The fourth-order valence-electron chi connectivity index (χ4n) is 1.15. The van der Waals surface area contributed by atoms with Crippen LogP contribution in [0.15, 0.2) is 0 Å². The topological polar surface area (TPSA) is 35.5 Å². The third kappa shape index (κ3) is 3.52. The number of hydrogen-bond acceptors (Lipinski definition) is 3. The molecule has 0 aromatic heterocycles. The summed E-state index contributed by atoms with van der Waals surface area (Å²) in [5, 5.41) is 12.3. The second-order valence-corrected chi connectivity index (χ2v) is 3.43. The molecule has 0 aromatic carbocycles. The van der Waals surface area contributed by atoms with Gasteiger partial charge in [0.2, 0.25) is 0 Å². The lowest BCUT2D eigenvalue weighted by Crippen LogP contribution is -2.52. The molecule has 74 valence electrons. The molecule has 0 aliphatic heterocycles. The molecule has 0 radical (unpaired) electrons. The van der Waals surface area contributed by atoms with Crippen LogP contribution < -0.4 is 5.32 Å². The van der Waals surface area contributed by atoms with E-state index in [9.17, 15) is 0 Å². The van der Waals surface area contributed by atoms with Crippen LogP contribution >= 0.6 is 0 Å². The van der Waals surface area contributed by atoms with Crippen LogP contribution in [-0.4, -0.2) is 48.8 Å².